The van der Waals surface area contributed by atoms with Crippen molar-refractivity contribution in [2.45, 2.75) is 18.9 Å². The van der Waals surface area contributed by atoms with Gasteiger partial charge in [0.2, 0.25) is 0 Å². The van der Waals surface area contributed by atoms with Crippen LogP contribution in [0.2, 0.25) is 0 Å². The highest BCUT2D eigenvalue weighted by molar-refractivity contribution is 6.19. The van der Waals surface area contributed by atoms with Gasteiger partial charge in [0.15, 0.2) is 0 Å². The van der Waals surface area contributed by atoms with Crippen LogP contribution in [0.4, 0.5) is 0 Å². The van der Waals surface area contributed by atoms with E-state index in [1.807, 2.05) is 30.3 Å². The summed E-state index contributed by atoms with van der Waals surface area (Å²) in [6.45, 7) is 0. The second-order valence-electron chi connectivity index (χ2n) is 3.62. The molecule has 0 radical (unpaired) electrons. The molecule has 0 aliphatic carbocycles. The summed E-state index contributed by atoms with van der Waals surface area (Å²) in [7, 11) is -1.24. The Hall–Kier alpha value is -1.66. The molecule has 1 saturated heterocycles. The lowest BCUT2D eigenvalue weighted by Gasteiger charge is -2.20. The highest BCUT2D eigenvalue weighted by Crippen LogP contribution is 2.13. The van der Waals surface area contributed by atoms with E-state index in [1.165, 1.54) is 0 Å². The number of hydrogen-bond donors (Lipinski definition) is 0. The van der Waals surface area contributed by atoms with Crippen LogP contribution in [0, 0.1) is 0 Å². The molecule has 5 nitrogen and oxygen atoms in total. The van der Waals surface area contributed by atoms with Crippen molar-refractivity contribution in [3.05, 3.63) is 30.3 Å². The van der Waals surface area contributed by atoms with Crippen molar-refractivity contribution in [1.29, 1.82) is 0 Å². The molecule has 1 aliphatic heterocycles. The average molecular weight is 252 g/mol. The predicted octanol–water partition coefficient (Wildman–Crippen LogP) is 0.313. The van der Waals surface area contributed by atoms with Crippen molar-refractivity contribution in [3.63, 3.8) is 0 Å². The minimum Gasteiger partial charge on any atom is -0.525 e. The zero-order valence-corrected chi connectivity index (χ0v) is 10.5. The third-order valence-electron chi connectivity index (χ3n) is 2.29. The Labute approximate surface area is 101 Å². The number of rotatable bonds is 4. The SMILES string of the molecule is O=C1CC(O[SiH2]Oc2ccccc2)CC(=O)O1. The standard InChI is InChI=1S/C11H12O5Si/c12-10-6-9(7-11(13)14-10)16-17-15-8-4-2-1-3-5-8/h1-5,9H,6-7,17H2. The number of esters is 2. The number of cyclic esters (lactones) is 2. The van der Waals surface area contributed by atoms with Crippen molar-refractivity contribution < 1.29 is 23.2 Å². The van der Waals surface area contributed by atoms with Crippen LogP contribution in [-0.2, 0) is 18.8 Å². The van der Waals surface area contributed by atoms with Gasteiger partial charge in [-0.05, 0) is 12.1 Å². The van der Waals surface area contributed by atoms with E-state index >= 15 is 0 Å². The van der Waals surface area contributed by atoms with E-state index in [-0.39, 0.29) is 18.9 Å². The number of carbonyl (C=O) groups excluding carboxylic acids is 2. The number of para-hydroxylation sites is 1. The number of carbonyl (C=O) groups is 2. The molecule has 1 aliphatic rings. The normalized spacial score (nSPS) is 17.4. The molecule has 1 aromatic rings. The van der Waals surface area contributed by atoms with E-state index in [0.29, 0.717) is 0 Å². The van der Waals surface area contributed by atoms with Gasteiger partial charge in [-0.25, -0.2) is 0 Å². The van der Waals surface area contributed by atoms with E-state index in [1.54, 1.807) is 0 Å². The summed E-state index contributed by atoms with van der Waals surface area (Å²) < 4.78 is 15.3. The fourth-order valence-electron chi connectivity index (χ4n) is 1.49. The van der Waals surface area contributed by atoms with Crippen molar-refractivity contribution >= 4 is 21.9 Å². The van der Waals surface area contributed by atoms with E-state index < -0.39 is 21.9 Å². The molecule has 17 heavy (non-hydrogen) atoms. The molecule has 6 heteroatoms. The first-order chi connectivity index (χ1) is 8.24. The molecule has 0 atom stereocenters. The molecule has 0 bridgehead atoms. The Morgan fingerprint density at radius 1 is 1.12 bits per heavy atom. The summed E-state index contributed by atoms with van der Waals surface area (Å²) in [6.07, 6.45) is -0.146. The Morgan fingerprint density at radius 2 is 1.76 bits per heavy atom. The fraction of sp³-hybridized carbons (Fsp3) is 0.273. The van der Waals surface area contributed by atoms with E-state index in [4.69, 9.17) is 8.85 Å². The van der Waals surface area contributed by atoms with Crippen LogP contribution in [-0.4, -0.2) is 28.0 Å². The minimum absolute atomic E-state index is 0.122. The summed E-state index contributed by atoms with van der Waals surface area (Å²) in [5.41, 5.74) is 0. The molecule has 1 heterocycles. The van der Waals surface area contributed by atoms with Crippen molar-refractivity contribution in [3.8, 4) is 5.75 Å². The Balaban J connectivity index is 1.75. The highest BCUT2D eigenvalue weighted by atomic mass is 28.3. The molecule has 2 rings (SSSR count). The maximum Gasteiger partial charge on any atom is 0.366 e. The maximum absolute atomic E-state index is 11.0. The van der Waals surface area contributed by atoms with E-state index in [0.717, 1.165) is 5.75 Å². The molecule has 0 unspecified atom stereocenters. The third kappa shape index (κ3) is 3.68. The van der Waals surface area contributed by atoms with Crippen LogP contribution in [0.25, 0.3) is 0 Å². The Bertz CT molecular complexity index is 390. The summed E-state index contributed by atoms with van der Waals surface area (Å²) in [5, 5.41) is 0. The monoisotopic (exact) mass is 252 g/mol. The maximum atomic E-state index is 11.0. The summed E-state index contributed by atoms with van der Waals surface area (Å²) >= 11 is 0. The van der Waals surface area contributed by atoms with Crippen LogP contribution >= 0.6 is 0 Å². The van der Waals surface area contributed by atoms with Gasteiger partial charge in [-0.15, -0.1) is 0 Å². The lowest BCUT2D eigenvalue weighted by molar-refractivity contribution is -0.167. The fourth-order valence-corrected chi connectivity index (χ4v) is 2.31. The third-order valence-corrected chi connectivity index (χ3v) is 3.35. The first-order valence-electron chi connectivity index (χ1n) is 5.27. The molecule has 0 saturated carbocycles. The number of benzene rings is 1. The molecular weight excluding hydrogens is 240 g/mol. The quantitative estimate of drug-likeness (QED) is 0.438. The van der Waals surface area contributed by atoms with Gasteiger partial charge in [0.1, 0.15) is 5.75 Å². The molecule has 0 N–H and O–H groups in total. The molecule has 0 amide bonds. The zero-order valence-electron chi connectivity index (χ0n) is 9.13. The summed E-state index contributed by atoms with van der Waals surface area (Å²) in [5.74, 6) is -0.316. The average Bonchev–Trinajstić information content (AvgIpc) is 2.29. The van der Waals surface area contributed by atoms with Crippen LogP contribution in [0.5, 0.6) is 5.75 Å². The number of hydrogen-bond acceptors (Lipinski definition) is 5. The van der Waals surface area contributed by atoms with Crippen LogP contribution in [0.15, 0.2) is 30.3 Å². The zero-order chi connectivity index (χ0) is 12.1. The number of ether oxygens (including phenoxy) is 1. The Kier molecular flexibility index (Phi) is 3.89. The van der Waals surface area contributed by atoms with Gasteiger partial charge in [0.05, 0.1) is 18.9 Å². The Morgan fingerprint density at radius 3 is 2.41 bits per heavy atom. The first-order valence-corrected chi connectivity index (χ1v) is 6.42. The summed E-state index contributed by atoms with van der Waals surface area (Å²) in [6, 6.07) is 9.29. The van der Waals surface area contributed by atoms with Crippen LogP contribution < -0.4 is 4.43 Å². The molecular formula is C11H12O5Si. The van der Waals surface area contributed by atoms with Gasteiger partial charge in [0.25, 0.3) is 0 Å². The minimum atomic E-state index is -1.24. The van der Waals surface area contributed by atoms with Gasteiger partial charge in [-0.3, -0.25) is 9.59 Å². The summed E-state index contributed by atoms with van der Waals surface area (Å²) in [4.78, 5) is 21.9. The van der Waals surface area contributed by atoms with E-state index in [2.05, 4.69) is 4.74 Å². The second kappa shape index (κ2) is 5.60. The molecule has 0 aromatic heterocycles. The van der Waals surface area contributed by atoms with Gasteiger partial charge in [-0.1, -0.05) is 18.2 Å². The van der Waals surface area contributed by atoms with Crippen LogP contribution in [0.3, 0.4) is 0 Å². The smallest absolute Gasteiger partial charge is 0.366 e. The lowest BCUT2D eigenvalue weighted by atomic mass is 10.1. The van der Waals surface area contributed by atoms with Gasteiger partial charge in [0, 0.05) is 0 Å². The van der Waals surface area contributed by atoms with Crippen molar-refractivity contribution in [2.75, 3.05) is 0 Å². The largest absolute Gasteiger partial charge is 0.525 e. The van der Waals surface area contributed by atoms with Crippen molar-refractivity contribution in [1.82, 2.24) is 0 Å². The van der Waals surface area contributed by atoms with E-state index in [9.17, 15) is 9.59 Å². The van der Waals surface area contributed by atoms with Gasteiger partial charge >= 0.3 is 21.9 Å². The predicted molar refractivity (Wildman–Crippen MR) is 60.8 cm³/mol. The van der Waals surface area contributed by atoms with Gasteiger partial charge < -0.3 is 13.6 Å². The molecule has 90 valence electrons. The molecule has 1 fully saturated rings. The highest BCUT2D eigenvalue weighted by Gasteiger charge is 2.27. The molecule has 1 aromatic carbocycles. The molecule has 0 spiro atoms. The topological polar surface area (TPSA) is 61.8 Å². The van der Waals surface area contributed by atoms with Crippen LogP contribution in [0.1, 0.15) is 12.8 Å². The van der Waals surface area contributed by atoms with Gasteiger partial charge in [-0.2, -0.15) is 0 Å². The second-order valence-corrected chi connectivity index (χ2v) is 4.48. The van der Waals surface area contributed by atoms with Crippen molar-refractivity contribution in [2.24, 2.45) is 0 Å². The lowest BCUT2D eigenvalue weighted by Crippen LogP contribution is -2.32. The first kappa shape index (κ1) is 11.8.